The topological polar surface area (TPSA) is 21.3 Å². The molecule has 1 aliphatic rings. The molecule has 0 aromatic heterocycles. The molecule has 20 heavy (non-hydrogen) atoms. The molecular formula is C16H24ClNOS. The summed E-state index contributed by atoms with van der Waals surface area (Å²) < 4.78 is 5.51. The lowest BCUT2D eigenvalue weighted by Crippen LogP contribution is -2.25. The van der Waals surface area contributed by atoms with Crippen molar-refractivity contribution in [1.82, 2.24) is 5.32 Å². The lowest BCUT2D eigenvalue weighted by Gasteiger charge is -2.28. The second-order valence-corrected chi connectivity index (χ2v) is 6.95. The van der Waals surface area contributed by atoms with E-state index in [1.54, 1.807) is 7.11 Å². The monoisotopic (exact) mass is 313 g/mol. The van der Waals surface area contributed by atoms with Gasteiger partial charge in [-0.3, -0.25) is 0 Å². The van der Waals surface area contributed by atoms with Crippen LogP contribution >= 0.6 is 23.4 Å². The maximum Gasteiger partial charge on any atom is 0.123 e. The van der Waals surface area contributed by atoms with Gasteiger partial charge in [-0.2, -0.15) is 11.8 Å². The molecule has 1 aromatic rings. The molecule has 4 heteroatoms. The van der Waals surface area contributed by atoms with Crippen molar-refractivity contribution in [2.75, 3.05) is 25.2 Å². The van der Waals surface area contributed by atoms with Gasteiger partial charge in [0.1, 0.15) is 5.75 Å². The fourth-order valence-corrected chi connectivity index (χ4v) is 4.24. The molecule has 1 N–H and O–H groups in total. The zero-order valence-electron chi connectivity index (χ0n) is 12.3. The van der Waals surface area contributed by atoms with Gasteiger partial charge in [0.15, 0.2) is 0 Å². The molecule has 1 fully saturated rings. The Morgan fingerprint density at radius 2 is 2.15 bits per heavy atom. The van der Waals surface area contributed by atoms with Gasteiger partial charge in [-0.1, -0.05) is 18.5 Å². The van der Waals surface area contributed by atoms with E-state index in [1.165, 1.54) is 36.3 Å². The molecule has 0 aliphatic carbocycles. The zero-order valence-corrected chi connectivity index (χ0v) is 13.9. The zero-order chi connectivity index (χ0) is 14.4. The van der Waals surface area contributed by atoms with Gasteiger partial charge in [0.05, 0.1) is 7.11 Å². The minimum Gasteiger partial charge on any atom is -0.496 e. The Morgan fingerprint density at radius 1 is 1.40 bits per heavy atom. The van der Waals surface area contributed by atoms with Crippen LogP contribution in [0.25, 0.3) is 0 Å². The Hall–Kier alpha value is -0.380. The number of halogens is 1. The summed E-state index contributed by atoms with van der Waals surface area (Å²) in [6.07, 6.45) is 3.83. The maximum absolute atomic E-state index is 6.17. The lowest BCUT2D eigenvalue weighted by atomic mass is 9.90. The molecule has 2 rings (SSSR count). The molecule has 2 nitrogen and oxygen atoms in total. The summed E-state index contributed by atoms with van der Waals surface area (Å²) in [7, 11) is 1.73. The smallest absolute Gasteiger partial charge is 0.123 e. The highest BCUT2D eigenvalue weighted by Crippen LogP contribution is 2.35. The number of benzene rings is 1. The summed E-state index contributed by atoms with van der Waals surface area (Å²) in [5.74, 6) is 4.35. The summed E-state index contributed by atoms with van der Waals surface area (Å²) in [5.41, 5.74) is 1.19. The molecule has 1 atom stereocenters. The van der Waals surface area contributed by atoms with Crippen LogP contribution in [0.2, 0.25) is 5.02 Å². The highest BCUT2D eigenvalue weighted by atomic mass is 35.5. The predicted octanol–water partition coefficient (Wildman–Crippen LogP) is 4.53. The first-order valence-corrected chi connectivity index (χ1v) is 8.92. The largest absolute Gasteiger partial charge is 0.496 e. The molecule has 1 heterocycles. The minimum absolute atomic E-state index is 0.335. The van der Waals surface area contributed by atoms with Crippen LogP contribution in [0.3, 0.4) is 0 Å². The fraction of sp³-hybridized carbons (Fsp3) is 0.625. The molecule has 112 valence electrons. The van der Waals surface area contributed by atoms with Gasteiger partial charge in [-0.15, -0.1) is 0 Å². The van der Waals surface area contributed by atoms with E-state index in [-0.39, 0.29) is 0 Å². The summed E-state index contributed by atoms with van der Waals surface area (Å²) in [4.78, 5) is 0. The van der Waals surface area contributed by atoms with Crippen LogP contribution in [0, 0.1) is 5.92 Å². The third kappa shape index (κ3) is 4.31. The van der Waals surface area contributed by atoms with E-state index >= 15 is 0 Å². The van der Waals surface area contributed by atoms with Crippen molar-refractivity contribution in [3.63, 3.8) is 0 Å². The number of thioether (sulfide) groups is 1. The van der Waals surface area contributed by atoms with Gasteiger partial charge in [0.25, 0.3) is 0 Å². The molecule has 1 unspecified atom stereocenters. The standard InChI is InChI=1S/C16H24ClNOS/c1-3-18-15(10-12-6-8-20-9-7-12)14-11-13(17)4-5-16(14)19-2/h4-5,11-12,15,18H,3,6-10H2,1-2H3. The molecule has 0 saturated carbocycles. The molecule has 1 aliphatic heterocycles. The number of hydrogen-bond acceptors (Lipinski definition) is 3. The Balaban J connectivity index is 2.16. The highest BCUT2D eigenvalue weighted by molar-refractivity contribution is 7.99. The van der Waals surface area contributed by atoms with Crippen molar-refractivity contribution < 1.29 is 4.74 Å². The Bertz CT molecular complexity index is 421. The van der Waals surface area contributed by atoms with Crippen molar-refractivity contribution in [3.8, 4) is 5.75 Å². The minimum atomic E-state index is 0.335. The van der Waals surface area contributed by atoms with Crippen LogP contribution in [-0.4, -0.2) is 25.2 Å². The number of rotatable bonds is 6. The van der Waals surface area contributed by atoms with E-state index in [4.69, 9.17) is 16.3 Å². The first-order chi connectivity index (χ1) is 9.74. The number of ether oxygens (including phenoxy) is 1. The average molecular weight is 314 g/mol. The van der Waals surface area contributed by atoms with E-state index in [2.05, 4.69) is 24.0 Å². The molecule has 0 amide bonds. The lowest BCUT2D eigenvalue weighted by molar-refractivity contribution is 0.356. The number of methoxy groups -OCH3 is 1. The summed E-state index contributed by atoms with van der Waals surface area (Å²) >= 11 is 8.25. The van der Waals surface area contributed by atoms with Gasteiger partial charge in [0, 0.05) is 16.6 Å². The molecule has 0 radical (unpaired) electrons. The van der Waals surface area contributed by atoms with Crippen LogP contribution < -0.4 is 10.1 Å². The fourth-order valence-electron chi connectivity index (χ4n) is 2.86. The van der Waals surface area contributed by atoms with E-state index in [1.807, 2.05) is 18.2 Å². The average Bonchev–Trinajstić information content (AvgIpc) is 2.48. The predicted molar refractivity (Wildman–Crippen MR) is 89.1 cm³/mol. The Labute approximate surface area is 131 Å². The van der Waals surface area contributed by atoms with Crippen LogP contribution in [0.15, 0.2) is 18.2 Å². The number of hydrogen-bond donors (Lipinski definition) is 1. The van der Waals surface area contributed by atoms with E-state index < -0.39 is 0 Å². The van der Waals surface area contributed by atoms with Gasteiger partial charge in [-0.25, -0.2) is 0 Å². The van der Waals surface area contributed by atoms with Crippen LogP contribution in [0.5, 0.6) is 5.75 Å². The van der Waals surface area contributed by atoms with E-state index in [0.717, 1.165) is 23.2 Å². The van der Waals surface area contributed by atoms with Crippen molar-refractivity contribution >= 4 is 23.4 Å². The van der Waals surface area contributed by atoms with Crippen LogP contribution in [0.1, 0.15) is 37.8 Å². The van der Waals surface area contributed by atoms with E-state index in [9.17, 15) is 0 Å². The van der Waals surface area contributed by atoms with Crippen molar-refractivity contribution in [3.05, 3.63) is 28.8 Å². The van der Waals surface area contributed by atoms with Gasteiger partial charge >= 0.3 is 0 Å². The highest BCUT2D eigenvalue weighted by Gasteiger charge is 2.22. The Kier molecular flexibility index (Phi) is 6.53. The molecule has 1 saturated heterocycles. The molecule has 0 bridgehead atoms. The number of nitrogens with one attached hydrogen (secondary N) is 1. The SMILES string of the molecule is CCNC(CC1CCSCC1)c1cc(Cl)ccc1OC. The maximum atomic E-state index is 6.17. The quantitative estimate of drug-likeness (QED) is 0.833. The van der Waals surface area contributed by atoms with Gasteiger partial charge in [0.2, 0.25) is 0 Å². The normalized spacial score (nSPS) is 17.9. The van der Waals surface area contributed by atoms with Crippen molar-refractivity contribution in [1.29, 1.82) is 0 Å². The molecule has 0 spiro atoms. The van der Waals surface area contributed by atoms with Crippen molar-refractivity contribution in [2.45, 2.75) is 32.2 Å². The molecular weight excluding hydrogens is 290 g/mol. The summed E-state index contributed by atoms with van der Waals surface area (Å²) in [6, 6.07) is 6.25. The van der Waals surface area contributed by atoms with Crippen LogP contribution in [-0.2, 0) is 0 Å². The third-order valence-corrected chi connectivity index (χ3v) is 5.21. The third-order valence-electron chi connectivity index (χ3n) is 3.93. The Morgan fingerprint density at radius 3 is 2.80 bits per heavy atom. The second-order valence-electron chi connectivity index (χ2n) is 5.29. The van der Waals surface area contributed by atoms with Gasteiger partial charge in [-0.05, 0) is 61.4 Å². The summed E-state index contributed by atoms with van der Waals surface area (Å²) in [5, 5.41) is 4.38. The second kappa shape index (κ2) is 8.16. The first kappa shape index (κ1) is 16.0. The summed E-state index contributed by atoms with van der Waals surface area (Å²) in [6.45, 7) is 3.11. The van der Waals surface area contributed by atoms with Crippen LogP contribution in [0.4, 0.5) is 0 Å². The molecule has 1 aromatic carbocycles. The van der Waals surface area contributed by atoms with Crippen molar-refractivity contribution in [2.24, 2.45) is 5.92 Å². The first-order valence-electron chi connectivity index (χ1n) is 7.39. The van der Waals surface area contributed by atoms with Gasteiger partial charge < -0.3 is 10.1 Å². The van der Waals surface area contributed by atoms with E-state index in [0.29, 0.717) is 6.04 Å².